The van der Waals surface area contributed by atoms with Gasteiger partial charge >= 0.3 is 0 Å². The van der Waals surface area contributed by atoms with Crippen LogP contribution in [0.2, 0.25) is 0 Å². The van der Waals surface area contributed by atoms with E-state index in [1.807, 2.05) is 23.2 Å². The van der Waals surface area contributed by atoms with Crippen molar-refractivity contribution in [2.24, 2.45) is 0 Å². The Balaban J connectivity index is 2.00. The summed E-state index contributed by atoms with van der Waals surface area (Å²) in [6, 6.07) is 3.88. The van der Waals surface area contributed by atoms with Gasteiger partial charge in [-0.05, 0) is 12.1 Å². The number of rotatable bonds is 2. The SMILES string of the molecule is C=CC1(O)CN(c2nccc3cnccc23)C1. The van der Waals surface area contributed by atoms with Gasteiger partial charge in [-0.15, -0.1) is 6.58 Å². The zero-order chi connectivity index (χ0) is 11.9. The summed E-state index contributed by atoms with van der Waals surface area (Å²) in [6.45, 7) is 4.73. The van der Waals surface area contributed by atoms with Gasteiger partial charge in [-0.2, -0.15) is 0 Å². The summed E-state index contributed by atoms with van der Waals surface area (Å²) in [7, 11) is 0. The Morgan fingerprint density at radius 3 is 2.94 bits per heavy atom. The van der Waals surface area contributed by atoms with E-state index in [-0.39, 0.29) is 0 Å². The Kier molecular flexibility index (Phi) is 2.12. The van der Waals surface area contributed by atoms with E-state index in [0.717, 1.165) is 16.6 Å². The van der Waals surface area contributed by atoms with Gasteiger partial charge in [-0.3, -0.25) is 4.98 Å². The molecule has 86 valence electrons. The quantitative estimate of drug-likeness (QED) is 0.787. The molecule has 0 bridgehead atoms. The molecule has 0 aromatic carbocycles. The first-order valence-corrected chi connectivity index (χ1v) is 5.51. The molecule has 1 aliphatic rings. The first-order chi connectivity index (χ1) is 8.22. The minimum Gasteiger partial charge on any atom is -0.382 e. The van der Waals surface area contributed by atoms with Gasteiger partial charge in [0.25, 0.3) is 0 Å². The molecule has 0 saturated carbocycles. The van der Waals surface area contributed by atoms with E-state index >= 15 is 0 Å². The fraction of sp³-hybridized carbons (Fsp3) is 0.231. The van der Waals surface area contributed by atoms with Crippen molar-refractivity contribution in [3.05, 3.63) is 43.4 Å². The molecule has 0 spiro atoms. The molecule has 17 heavy (non-hydrogen) atoms. The van der Waals surface area contributed by atoms with E-state index in [4.69, 9.17) is 0 Å². The zero-order valence-electron chi connectivity index (χ0n) is 9.37. The van der Waals surface area contributed by atoms with Crippen LogP contribution in [-0.4, -0.2) is 33.8 Å². The summed E-state index contributed by atoms with van der Waals surface area (Å²) in [4.78, 5) is 10.5. The van der Waals surface area contributed by atoms with Crippen molar-refractivity contribution in [3.8, 4) is 0 Å². The van der Waals surface area contributed by atoms with Gasteiger partial charge in [0.05, 0.1) is 13.1 Å². The zero-order valence-corrected chi connectivity index (χ0v) is 9.37. The third-order valence-corrected chi connectivity index (χ3v) is 3.15. The van der Waals surface area contributed by atoms with Gasteiger partial charge in [0.15, 0.2) is 0 Å². The van der Waals surface area contributed by atoms with Gasteiger partial charge in [0.2, 0.25) is 0 Å². The van der Waals surface area contributed by atoms with E-state index < -0.39 is 5.60 Å². The first-order valence-electron chi connectivity index (χ1n) is 5.51. The number of aliphatic hydroxyl groups is 1. The Morgan fingerprint density at radius 2 is 2.18 bits per heavy atom. The molecule has 2 aromatic rings. The van der Waals surface area contributed by atoms with E-state index in [0.29, 0.717) is 13.1 Å². The third-order valence-electron chi connectivity index (χ3n) is 3.15. The van der Waals surface area contributed by atoms with E-state index in [1.165, 1.54) is 0 Å². The first kappa shape index (κ1) is 10.2. The maximum atomic E-state index is 9.92. The van der Waals surface area contributed by atoms with Crippen molar-refractivity contribution in [2.75, 3.05) is 18.0 Å². The Hall–Kier alpha value is -1.94. The number of anilines is 1. The van der Waals surface area contributed by atoms with E-state index in [1.54, 1.807) is 18.5 Å². The van der Waals surface area contributed by atoms with Gasteiger partial charge in [-0.1, -0.05) is 6.08 Å². The van der Waals surface area contributed by atoms with E-state index in [2.05, 4.69) is 16.5 Å². The van der Waals surface area contributed by atoms with Crippen LogP contribution in [0.4, 0.5) is 5.82 Å². The molecule has 0 radical (unpaired) electrons. The van der Waals surface area contributed by atoms with Crippen LogP contribution in [0, 0.1) is 0 Å². The summed E-state index contributed by atoms with van der Waals surface area (Å²) in [5.41, 5.74) is -0.767. The summed E-state index contributed by atoms with van der Waals surface area (Å²) in [5.74, 6) is 0.899. The van der Waals surface area contributed by atoms with Crippen LogP contribution in [0.15, 0.2) is 43.4 Å². The number of nitrogens with zero attached hydrogens (tertiary/aromatic N) is 3. The second kappa shape index (κ2) is 3.53. The maximum Gasteiger partial charge on any atom is 0.136 e. The lowest BCUT2D eigenvalue weighted by Gasteiger charge is -2.45. The molecule has 3 heterocycles. The van der Waals surface area contributed by atoms with Gasteiger partial charge in [0.1, 0.15) is 11.4 Å². The molecular weight excluding hydrogens is 214 g/mol. The highest BCUT2D eigenvalue weighted by Gasteiger charge is 2.39. The lowest BCUT2D eigenvalue weighted by Crippen LogP contribution is -2.61. The minimum absolute atomic E-state index is 0.547. The average molecular weight is 227 g/mol. The molecular formula is C13H13N3O. The Morgan fingerprint density at radius 1 is 1.35 bits per heavy atom. The molecule has 0 amide bonds. The largest absolute Gasteiger partial charge is 0.382 e. The fourth-order valence-electron chi connectivity index (χ4n) is 2.15. The van der Waals surface area contributed by atoms with E-state index in [9.17, 15) is 5.11 Å². The molecule has 0 atom stereocenters. The fourth-order valence-corrected chi connectivity index (χ4v) is 2.15. The number of pyridine rings is 2. The third kappa shape index (κ3) is 1.57. The molecule has 1 N–H and O–H groups in total. The van der Waals surface area contributed by atoms with Crippen LogP contribution < -0.4 is 4.90 Å². The highest BCUT2D eigenvalue weighted by atomic mass is 16.3. The van der Waals surface area contributed by atoms with Crippen LogP contribution in [0.1, 0.15) is 0 Å². The summed E-state index contributed by atoms with van der Waals surface area (Å²) in [6.07, 6.45) is 6.94. The Bertz CT molecular complexity index is 570. The maximum absolute atomic E-state index is 9.92. The monoisotopic (exact) mass is 227 g/mol. The second-order valence-corrected chi connectivity index (χ2v) is 4.40. The molecule has 1 aliphatic heterocycles. The van der Waals surface area contributed by atoms with Crippen LogP contribution in [-0.2, 0) is 0 Å². The van der Waals surface area contributed by atoms with Gasteiger partial charge in [-0.25, -0.2) is 4.98 Å². The van der Waals surface area contributed by atoms with Crippen LogP contribution in [0.25, 0.3) is 10.8 Å². The topological polar surface area (TPSA) is 49.2 Å². The highest BCUT2D eigenvalue weighted by molar-refractivity contribution is 5.91. The van der Waals surface area contributed by atoms with Crippen molar-refractivity contribution in [1.82, 2.24) is 9.97 Å². The van der Waals surface area contributed by atoms with Gasteiger partial charge < -0.3 is 10.0 Å². The highest BCUT2D eigenvalue weighted by Crippen LogP contribution is 2.31. The Labute approximate surface area is 99.2 Å². The van der Waals surface area contributed by atoms with Crippen molar-refractivity contribution in [2.45, 2.75) is 5.60 Å². The summed E-state index contributed by atoms with van der Waals surface area (Å²) >= 11 is 0. The van der Waals surface area contributed by atoms with Crippen molar-refractivity contribution in [3.63, 3.8) is 0 Å². The lowest BCUT2D eigenvalue weighted by molar-refractivity contribution is 0.0606. The van der Waals surface area contributed by atoms with Gasteiger partial charge in [0, 0.05) is 29.4 Å². The standard InChI is InChI=1S/C13H13N3O/c1-2-13(17)8-16(9-13)12-11-4-5-14-7-10(11)3-6-15-12/h2-7,17H,1,8-9H2. The van der Waals surface area contributed by atoms with Crippen LogP contribution in [0.3, 0.4) is 0 Å². The molecule has 4 heteroatoms. The van der Waals surface area contributed by atoms with Crippen LogP contribution in [0.5, 0.6) is 0 Å². The van der Waals surface area contributed by atoms with Crippen molar-refractivity contribution >= 4 is 16.6 Å². The normalized spacial score (nSPS) is 17.8. The predicted octanol–water partition coefficient (Wildman–Crippen LogP) is 1.37. The molecule has 0 unspecified atom stereocenters. The average Bonchev–Trinajstić information content (AvgIpc) is 2.34. The number of fused-ring (bicyclic) bond motifs is 1. The van der Waals surface area contributed by atoms with Crippen molar-refractivity contribution < 1.29 is 5.11 Å². The molecule has 3 rings (SSSR count). The number of hydrogen-bond donors (Lipinski definition) is 1. The smallest absolute Gasteiger partial charge is 0.136 e. The minimum atomic E-state index is -0.767. The molecule has 2 aromatic heterocycles. The molecule has 1 fully saturated rings. The number of aromatic nitrogens is 2. The second-order valence-electron chi connectivity index (χ2n) is 4.40. The number of β-amino-alcohol motifs (C(OH)–C–C–N with tert-alkyl or cyclic N) is 1. The molecule has 0 aliphatic carbocycles. The van der Waals surface area contributed by atoms with Crippen molar-refractivity contribution in [1.29, 1.82) is 0 Å². The lowest BCUT2D eigenvalue weighted by atomic mass is 9.94. The van der Waals surface area contributed by atoms with Crippen LogP contribution >= 0.6 is 0 Å². The predicted molar refractivity (Wildman–Crippen MR) is 66.9 cm³/mol. The summed E-state index contributed by atoms with van der Waals surface area (Å²) < 4.78 is 0. The number of hydrogen-bond acceptors (Lipinski definition) is 4. The molecule has 1 saturated heterocycles. The molecule has 4 nitrogen and oxygen atoms in total. The summed E-state index contributed by atoms with van der Waals surface area (Å²) in [5, 5.41) is 12.0.